The molecule has 0 aliphatic heterocycles. The molecule has 146 valence electrons. The minimum absolute atomic E-state index is 0.0223. The molecule has 0 aliphatic rings. The molecule has 0 unspecified atom stereocenters. The first-order valence-corrected chi connectivity index (χ1v) is 10.3. The smallest absolute Gasteiger partial charge is 0.0151 e. The molecule has 0 amide bonds. The molecule has 3 aromatic rings. The second-order valence-corrected chi connectivity index (χ2v) is 9.36. The molecule has 0 atom stereocenters. The van der Waals surface area contributed by atoms with E-state index in [1.807, 2.05) is 0 Å². The number of benzene rings is 3. The molecule has 0 bridgehead atoms. The number of hydrogen-bond acceptors (Lipinski definition) is 0. The van der Waals surface area contributed by atoms with Crippen LogP contribution in [0, 0.1) is 27.7 Å². The van der Waals surface area contributed by atoms with Crippen LogP contribution in [0.15, 0.2) is 60.7 Å². The molecule has 0 aliphatic carbocycles. The van der Waals surface area contributed by atoms with Gasteiger partial charge in [0.2, 0.25) is 0 Å². The lowest BCUT2D eigenvalue weighted by Gasteiger charge is -2.34. The summed E-state index contributed by atoms with van der Waals surface area (Å²) in [6.45, 7) is 18.4. The first-order chi connectivity index (χ1) is 13.1. The molecule has 0 N–H and O–H groups in total. The van der Waals surface area contributed by atoms with Gasteiger partial charge in [0, 0.05) is 10.8 Å². The van der Waals surface area contributed by atoms with Crippen molar-refractivity contribution >= 4 is 0 Å². The van der Waals surface area contributed by atoms with Gasteiger partial charge >= 0.3 is 0 Å². The molecule has 3 aromatic carbocycles. The molecule has 3 rings (SSSR count). The summed E-state index contributed by atoms with van der Waals surface area (Å²) in [5, 5.41) is 0. The van der Waals surface area contributed by atoms with E-state index >= 15 is 0 Å². The van der Waals surface area contributed by atoms with Crippen LogP contribution in [-0.4, -0.2) is 0 Å². The van der Waals surface area contributed by atoms with Crippen LogP contribution >= 0.6 is 0 Å². The molecule has 0 saturated carbocycles. The van der Waals surface area contributed by atoms with E-state index in [4.69, 9.17) is 0 Å². The van der Waals surface area contributed by atoms with E-state index in [1.165, 1.54) is 44.5 Å². The van der Waals surface area contributed by atoms with E-state index in [1.54, 1.807) is 0 Å². The third-order valence-corrected chi connectivity index (χ3v) is 6.55. The fraction of sp³-hybridized carbons (Fsp3) is 0.357. The van der Waals surface area contributed by atoms with E-state index in [0.29, 0.717) is 0 Å². The van der Waals surface area contributed by atoms with Crippen LogP contribution in [-0.2, 0) is 10.8 Å². The van der Waals surface area contributed by atoms with Crippen molar-refractivity contribution in [2.45, 2.75) is 66.2 Å². The van der Waals surface area contributed by atoms with E-state index < -0.39 is 0 Å². The largest absolute Gasteiger partial charge is 0.0620 e. The molecule has 0 heteroatoms. The van der Waals surface area contributed by atoms with Crippen LogP contribution < -0.4 is 0 Å². The van der Waals surface area contributed by atoms with Crippen LogP contribution in [0.25, 0.3) is 0 Å². The van der Waals surface area contributed by atoms with Crippen molar-refractivity contribution in [3.05, 3.63) is 105 Å². The first kappa shape index (κ1) is 20.4. The van der Waals surface area contributed by atoms with Crippen molar-refractivity contribution in [2.75, 3.05) is 0 Å². The Morgan fingerprint density at radius 2 is 0.750 bits per heavy atom. The minimum atomic E-state index is -0.0223. The molecule has 0 saturated heterocycles. The molecule has 28 heavy (non-hydrogen) atoms. The Bertz CT molecular complexity index is 919. The Labute approximate surface area is 171 Å². The zero-order valence-electron chi connectivity index (χ0n) is 18.8. The average Bonchev–Trinajstić information content (AvgIpc) is 2.63. The quantitative estimate of drug-likeness (QED) is 0.444. The SMILES string of the molecule is Cc1ccccc1C(C)(C)c1cc(C)c(C(C)(C)c2ccccc2C)cc1C. The summed E-state index contributed by atoms with van der Waals surface area (Å²) in [4.78, 5) is 0. The predicted octanol–water partition coefficient (Wildman–Crippen LogP) is 7.57. The molecular weight excluding hydrogens is 336 g/mol. The Morgan fingerprint density at radius 1 is 0.429 bits per heavy atom. The highest BCUT2D eigenvalue weighted by atomic mass is 14.3. The number of hydrogen-bond donors (Lipinski definition) is 0. The highest BCUT2D eigenvalue weighted by Crippen LogP contribution is 2.40. The van der Waals surface area contributed by atoms with Crippen molar-refractivity contribution < 1.29 is 0 Å². The Morgan fingerprint density at radius 3 is 1.07 bits per heavy atom. The monoisotopic (exact) mass is 370 g/mol. The van der Waals surface area contributed by atoms with E-state index in [2.05, 4.69) is 116 Å². The average molecular weight is 371 g/mol. The Kier molecular flexibility index (Phi) is 5.28. The maximum atomic E-state index is 2.43. The number of aryl methyl sites for hydroxylation is 4. The maximum Gasteiger partial charge on any atom is 0.0151 e. The summed E-state index contributed by atoms with van der Waals surface area (Å²) in [7, 11) is 0. The van der Waals surface area contributed by atoms with Crippen LogP contribution in [0.5, 0.6) is 0 Å². The predicted molar refractivity (Wildman–Crippen MR) is 123 cm³/mol. The van der Waals surface area contributed by atoms with Crippen molar-refractivity contribution in [1.82, 2.24) is 0 Å². The summed E-state index contributed by atoms with van der Waals surface area (Å²) in [6.07, 6.45) is 0. The Hall–Kier alpha value is -2.34. The molecular formula is C28H34. The highest BCUT2D eigenvalue weighted by molar-refractivity contribution is 5.52. The second-order valence-electron chi connectivity index (χ2n) is 9.36. The summed E-state index contributed by atoms with van der Waals surface area (Å²) in [5.74, 6) is 0. The normalized spacial score (nSPS) is 12.3. The van der Waals surface area contributed by atoms with E-state index in [9.17, 15) is 0 Å². The fourth-order valence-corrected chi connectivity index (χ4v) is 5.00. The van der Waals surface area contributed by atoms with Gasteiger partial charge in [0.25, 0.3) is 0 Å². The van der Waals surface area contributed by atoms with Gasteiger partial charge in [-0.2, -0.15) is 0 Å². The van der Waals surface area contributed by atoms with Crippen molar-refractivity contribution in [3.63, 3.8) is 0 Å². The second kappa shape index (κ2) is 7.24. The van der Waals surface area contributed by atoms with Gasteiger partial charge < -0.3 is 0 Å². The molecule has 0 nitrogen and oxygen atoms in total. The summed E-state index contributed by atoms with van der Waals surface area (Å²) in [6, 6.07) is 22.4. The lowest BCUT2D eigenvalue weighted by Crippen LogP contribution is -2.25. The van der Waals surface area contributed by atoms with Crippen LogP contribution in [0.3, 0.4) is 0 Å². The van der Waals surface area contributed by atoms with E-state index in [0.717, 1.165) is 0 Å². The summed E-state index contributed by atoms with van der Waals surface area (Å²) >= 11 is 0. The van der Waals surface area contributed by atoms with Gasteiger partial charge in [0.05, 0.1) is 0 Å². The maximum absolute atomic E-state index is 2.43. The molecule has 0 fully saturated rings. The number of rotatable bonds is 4. The van der Waals surface area contributed by atoms with Gasteiger partial charge in [-0.05, 0) is 72.2 Å². The van der Waals surface area contributed by atoms with Crippen LogP contribution in [0.4, 0.5) is 0 Å². The van der Waals surface area contributed by atoms with Gasteiger partial charge in [-0.15, -0.1) is 0 Å². The van der Waals surface area contributed by atoms with Crippen LogP contribution in [0.2, 0.25) is 0 Å². The molecule has 0 radical (unpaired) electrons. The Balaban J connectivity index is 2.14. The van der Waals surface area contributed by atoms with Crippen molar-refractivity contribution in [1.29, 1.82) is 0 Å². The van der Waals surface area contributed by atoms with E-state index in [-0.39, 0.29) is 10.8 Å². The first-order valence-electron chi connectivity index (χ1n) is 10.3. The topological polar surface area (TPSA) is 0 Å². The lowest BCUT2D eigenvalue weighted by molar-refractivity contribution is 0.613. The molecule has 0 aromatic heterocycles. The fourth-order valence-electron chi connectivity index (χ4n) is 5.00. The summed E-state index contributed by atoms with van der Waals surface area (Å²) in [5.41, 5.74) is 11.1. The van der Waals surface area contributed by atoms with Gasteiger partial charge in [0.15, 0.2) is 0 Å². The summed E-state index contributed by atoms with van der Waals surface area (Å²) < 4.78 is 0. The highest BCUT2D eigenvalue weighted by Gasteiger charge is 2.31. The minimum Gasteiger partial charge on any atom is -0.0620 e. The zero-order chi connectivity index (χ0) is 20.7. The van der Waals surface area contributed by atoms with Gasteiger partial charge in [0.1, 0.15) is 0 Å². The lowest BCUT2D eigenvalue weighted by atomic mass is 9.70. The molecule has 0 heterocycles. The van der Waals surface area contributed by atoms with Crippen molar-refractivity contribution in [2.24, 2.45) is 0 Å². The third kappa shape index (κ3) is 3.41. The van der Waals surface area contributed by atoms with Gasteiger partial charge in [-0.3, -0.25) is 0 Å². The van der Waals surface area contributed by atoms with Gasteiger partial charge in [-0.1, -0.05) is 88.4 Å². The van der Waals surface area contributed by atoms with Gasteiger partial charge in [-0.25, -0.2) is 0 Å². The third-order valence-electron chi connectivity index (χ3n) is 6.55. The standard InChI is InChI=1S/C28H34/c1-19-13-9-11-15-23(19)27(5,6)25-17-22(4)26(18-21(25)3)28(7,8)24-16-12-10-14-20(24)2/h9-18H,1-8H3. The van der Waals surface area contributed by atoms with Crippen LogP contribution in [0.1, 0.15) is 72.2 Å². The van der Waals surface area contributed by atoms with Crippen molar-refractivity contribution in [3.8, 4) is 0 Å². The molecule has 0 spiro atoms. The zero-order valence-corrected chi connectivity index (χ0v) is 18.8.